The number of halogens is 5. The van der Waals surface area contributed by atoms with E-state index in [1.165, 1.54) is 24.5 Å². The van der Waals surface area contributed by atoms with Gasteiger partial charge < -0.3 is 5.32 Å². The average Bonchev–Trinajstić information content (AvgIpc) is 3.19. The summed E-state index contributed by atoms with van der Waals surface area (Å²) in [6.07, 6.45) is -1.44. The number of carbonyl (C=O) groups excluding carboxylic acids is 1. The number of hydrogen-bond acceptors (Lipinski definition) is 4. The van der Waals surface area contributed by atoms with Crippen molar-refractivity contribution in [3.8, 4) is 0 Å². The molecule has 0 bridgehead atoms. The van der Waals surface area contributed by atoms with E-state index < -0.39 is 24.2 Å². The van der Waals surface area contributed by atoms with E-state index in [-0.39, 0.29) is 27.9 Å². The van der Waals surface area contributed by atoms with Crippen molar-refractivity contribution in [2.45, 2.75) is 31.9 Å². The van der Waals surface area contributed by atoms with E-state index in [1.807, 2.05) is 6.92 Å². The first-order valence-corrected chi connectivity index (χ1v) is 9.65. The lowest BCUT2D eigenvalue weighted by Crippen LogP contribution is -2.46. The number of alkyl halides is 3. The zero-order valence-corrected chi connectivity index (χ0v) is 17.3. The molecule has 158 valence electrons. The molecule has 0 saturated carbocycles. The van der Waals surface area contributed by atoms with Crippen molar-refractivity contribution in [1.82, 2.24) is 19.6 Å². The number of pyridine rings is 1. The Balaban J connectivity index is 1.77. The van der Waals surface area contributed by atoms with Gasteiger partial charge in [0.05, 0.1) is 40.2 Å². The predicted molar refractivity (Wildman–Crippen MR) is 106 cm³/mol. The Hall–Kier alpha value is -2.59. The fourth-order valence-electron chi connectivity index (χ4n) is 3.48. The Morgan fingerprint density at radius 3 is 2.63 bits per heavy atom. The van der Waals surface area contributed by atoms with E-state index in [1.54, 1.807) is 0 Å². The molecule has 1 N–H and O–H groups in total. The summed E-state index contributed by atoms with van der Waals surface area (Å²) in [6.45, 7) is 2.24. The lowest BCUT2D eigenvalue weighted by Gasteiger charge is -2.28. The van der Waals surface area contributed by atoms with Crippen molar-refractivity contribution in [3.63, 3.8) is 0 Å². The van der Waals surface area contributed by atoms with Gasteiger partial charge in [-0.3, -0.25) is 9.88 Å². The summed E-state index contributed by atoms with van der Waals surface area (Å²) in [5.41, 5.74) is -1.53. The second-order valence-electron chi connectivity index (χ2n) is 7.08. The number of urea groups is 1. The molecule has 4 rings (SSSR count). The van der Waals surface area contributed by atoms with Crippen LogP contribution in [0.1, 0.15) is 25.2 Å². The highest BCUT2D eigenvalue weighted by Crippen LogP contribution is 2.50. The molecule has 0 fully saturated rings. The quantitative estimate of drug-likeness (QED) is 0.594. The predicted octanol–water partition coefficient (Wildman–Crippen LogP) is 4.87. The number of anilines is 2. The van der Waals surface area contributed by atoms with E-state index in [9.17, 15) is 18.0 Å². The van der Waals surface area contributed by atoms with Gasteiger partial charge in [-0.25, -0.2) is 14.3 Å². The fourth-order valence-corrected chi connectivity index (χ4v) is 3.95. The van der Waals surface area contributed by atoms with Crippen LogP contribution < -0.4 is 10.2 Å². The molecule has 0 aliphatic carbocycles. The molecule has 4 heterocycles. The topological polar surface area (TPSA) is 75.4 Å². The molecule has 0 radical (unpaired) electrons. The summed E-state index contributed by atoms with van der Waals surface area (Å²) in [5, 5.41) is 6.84. The molecular weight excluding hydrogens is 444 g/mol. The number of aryl methyl sites for hydroxylation is 1. The minimum Gasteiger partial charge on any atom is -0.306 e. The van der Waals surface area contributed by atoms with Gasteiger partial charge in [0.2, 0.25) is 0 Å². The third-order valence-corrected chi connectivity index (χ3v) is 5.61. The lowest BCUT2D eigenvalue weighted by atomic mass is 9.88. The highest BCUT2D eigenvalue weighted by molar-refractivity contribution is 6.31. The van der Waals surface area contributed by atoms with Gasteiger partial charge in [-0.2, -0.15) is 18.3 Å². The molecular formula is C18H15Cl2F3N6O. The number of carbonyl (C=O) groups is 1. The first-order valence-electron chi connectivity index (χ1n) is 8.89. The van der Waals surface area contributed by atoms with Gasteiger partial charge in [-0.15, -0.1) is 0 Å². The van der Waals surface area contributed by atoms with Gasteiger partial charge in [0.1, 0.15) is 5.41 Å². The third kappa shape index (κ3) is 3.14. The summed E-state index contributed by atoms with van der Waals surface area (Å²) in [7, 11) is 0. The van der Waals surface area contributed by atoms with Crippen LogP contribution in [0.15, 0.2) is 24.5 Å². The van der Waals surface area contributed by atoms with E-state index in [0.29, 0.717) is 17.1 Å². The minimum absolute atomic E-state index is 0.0000520. The Labute approximate surface area is 178 Å². The average molecular weight is 459 g/mol. The van der Waals surface area contributed by atoms with Crippen LogP contribution in [0.25, 0.3) is 5.65 Å². The standard InChI is InChI=1S/C18H15Cl2F3N6O/c1-3-11-10(19)4-9(6-24-11)26-16(30)28-8-17(2,18(21,22)23)15-12(28)7-25-14-5-13(20)27-29(14)15/h4-7H,3,8H2,1-2H3,(H,26,30)/t17-/m1/s1. The SMILES string of the molecule is CCc1ncc(NC(=O)N2C[C@@](C)(C(F)(F)F)c3c2cnc2cc(Cl)nn32)cc1Cl. The summed E-state index contributed by atoms with van der Waals surface area (Å²) in [6, 6.07) is 2.08. The normalized spacial score (nSPS) is 18.7. The van der Waals surface area contributed by atoms with Crippen LogP contribution in [0.4, 0.5) is 29.3 Å². The van der Waals surface area contributed by atoms with Gasteiger partial charge in [0.25, 0.3) is 0 Å². The van der Waals surface area contributed by atoms with Crippen molar-refractivity contribution in [2.75, 3.05) is 16.8 Å². The number of nitrogens with one attached hydrogen (secondary N) is 1. The molecule has 12 heteroatoms. The maximum Gasteiger partial charge on any atom is 0.401 e. The van der Waals surface area contributed by atoms with Crippen molar-refractivity contribution in [1.29, 1.82) is 0 Å². The van der Waals surface area contributed by atoms with Crippen LogP contribution in [0.5, 0.6) is 0 Å². The second kappa shape index (κ2) is 6.98. The van der Waals surface area contributed by atoms with Gasteiger partial charge in [0, 0.05) is 12.6 Å². The van der Waals surface area contributed by atoms with Crippen molar-refractivity contribution < 1.29 is 18.0 Å². The first-order chi connectivity index (χ1) is 14.0. The van der Waals surface area contributed by atoms with Gasteiger partial charge >= 0.3 is 12.2 Å². The summed E-state index contributed by atoms with van der Waals surface area (Å²) in [4.78, 5) is 22.1. The van der Waals surface area contributed by atoms with E-state index in [0.717, 1.165) is 16.3 Å². The Bertz CT molecular complexity index is 1160. The van der Waals surface area contributed by atoms with Crippen molar-refractivity contribution in [2.24, 2.45) is 0 Å². The van der Waals surface area contributed by atoms with Gasteiger partial charge in [-0.05, 0) is 19.4 Å². The van der Waals surface area contributed by atoms with E-state index >= 15 is 0 Å². The Kier molecular flexibility index (Phi) is 4.81. The Morgan fingerprint density at radius 1 is 1.27 bits per heavy atom. The lowest BCUT2D eigenvalue weighted by molar-refractivity contribution is -0.181. The van der Waals surface area contributed by atoms with Crippen LogP contribution in [-0.4, -0.2) is 38.3 Å². The molecule has 3 aromatic rings. The monoisotopic (exact) mass is 458 g/mol. The molecule has 1 aliphatic rings. The molecule has 0 unspecified atom stereocenters. The van der Waals surface area contributed by atoms with Crippen molar-refractivity contribution in [3.05, 3.63) is 46.1 Å². The molecule has 0 saturated heterocycles. The maximum atomic E-state index is 14.1. The molecule has 7 nitrogen and oxygen atoms in total. The first kappa shape index (κ1) is 20.7. The molecule has 2 amide bonds. The molecule has 3 aromatic heterocycles. The molecule has 0 spiro atoms. The van der Waals surface area contributed by atoms with Crippen LogP contribution in [0.3, 0.4) is 0 Å². The molecule has 1 atom stereocenters. The number of rotatable bonds is 2. The van der Waals surface area contributed by atoms with E-state index in [4.69, 9.17) is 23.2 Å². The number of nitrogens with zero attached hydrogens (tertiary/aromatic N) is 5. The molecule has 0 aromatic carbocycles. The molecule has 30 heavy (non-hydrogen) atoms. The van der Waals surface area contributed by atoms with Crippen LogP contribution in [-0.2, 0) is 11.8 Å². The number of hydrogen-bond donors (Lipinski definition) is 1. The minimum atomic E-state index is -4.66. The van der Waals surface area contributed by atoms with Crippen molar-refractivity contribution >= 4 is 46.3 Å². The second-order valence-corrected chi connectivity index (χ2v) is 7.88. The highest BCUT2D eigenvalue weighted by atomic mass is 35.5. The number of amides is 2. The fraction of sp³-hybridized carbons (Fsp3) is 0.333. The van der Waals surface area contributed by atoms with E-state index in [2.05, 4.69) is 20.4 Å². The zero-order valence-electron chi connectivity index (χ0n) is 15.8. The van der Waals surface area contributed by atoms with Crippen LogP contribution in [0.2, 0.25) is 10.2 Å². The third-order valence-electron chi connectivity index (χ3n) is 5.10. The van der Waals surface area contributed by atoms with Crippen LogP contribution in [0, 0.1) is 0 Å². The smallest absolute Gasteiger partial charge is 0.306 e. The number of fused-ring (bicyclic) bond motifs is 3. The van der Waals surface area contributed by atoms with Gasteiger partial charge in [0.15, 0.2) is 10.8 Å². The summed E-state index contributed by atoms with van der Waals surface area (Å²) < 4.78 is 43.3. The molecule has 1 aliphatic heterocycles. The maximum absolute atomic E-state index is 14.1. The summed E-state index contributed by atoms with van der Waals surface area (Å²) >= 11 is 12.0. The van der Waals surface area contributed by atoms with Crippen LogP contribution >= 0.6 is 23.2 Å². The Morgan fingerprint density at radius 2 is 2.00 bits per heavy atom. The highest BCUT2D eigenvalue weighted by Gasteiger charge is 2.60. The zero-order chi connectivity index (χ0) is 21.8. The largest absolute Gasteiger partial charge is 0.401 e. The van der Waals surface area contributed by atoms with Gasteiger partial charge in [-0.1, -0.05) is 30.1 Å². The number of aromatic nitrogens is 4. The summed E-state index contributed by atoms with van der Waals surface area (Å²) in [5.74, 6) is 0.